The lowest BCUT2D eigenvalue weighted by Gasteiger charge is -2.26. The number of nitrogens with two attached hydrogens (primary N) is 1. The number of amides is 1. The van der Waals surface area contributed by atoms with E-state index >= 15 is 0 Å². The van der Waals surface area contributed by atoms with Crippen LogP contribution in [0.2, 0.25) is 0 Å². The molecule has 140 valence electrons. The van der Waals surface area contributed by atoms with Crippen LogP contribution in [0.1, 0.15) is 37.8 Å². The Kier molecular flexibility index (Phi) is 7.13. The summed E-state index contributed by atoms with van der Waals surface area (Å²) in [5, 5.41) is 5.06. The molecule has 25 heavy (non-hydrogen) atoms. The van der Waals surface area contributed by atoms with Crippen LogP contribution in [0.5, 0.6) is 0 Å². The van der Waals surface area contributed by atoms with Gasteiger partial charge in [0.15, 0.2) is 0 Å². The molecule has 0 saturated carbocycles. The van der Waals surface area contributed by atoms with Crippen LogP contribution < -0.4 is 5.14 Å². The van der Waals surface area contributed by atoms with Gasteiger partial charge < -0.3 is 9.64 Å². The highest BCUT2D eigenvalue weighted by atomic mass is 32.2. The second-order valence-electron chi connectivity index (χ2n) is 6.97. The van der Waals surface area contributed by atoms with Crippen molar-refractivity contribution in [1.29, 1.82) is 0 Å². The van der Waals surface area contributed by atoms with Gasteiger partial charge in [0.2, 0.25) is 15.9 Å². The molecule has 8 heteroatoms. The molecule has 1 amide bonds. The van der Waals surface area contributed by atoms with Crippen molar-refractivity contribution in [2.75, 3.05) is 14.2 Å². The summed E-state index contributed by atoms with van der Waals surface area (Å²) in [7, 11) is -0.611. The highest BCUT2D eigenvalue weighted by Gasteiger charge is 2.27. The van der Waals surface area contributed by atoms with E-state index in [1.54, 1.807) is 30.1 Å². The molecule has 0 bridgehead atoms. The van der Waals surface area contributed by atoms with Gasteiger partial charge in [-0.05, 0) is 16.5 Å². The molecule has 0 unspecified atom stereocenters. The first-order chi connectivity index (χ1) is 11.4. The van der Waals surface area contributed by atoms with E-state index in [0.717, 1.165) is 5.56 Å². The van der Waals surface area contributed by atoms with Crippen LogP contribution in [-0.2, 0) is 36.6 Å². The van der Waals surface area contributed by atoms with Crippen LogP contribution in [-0.4, -0.2) is 39.4 Å². The van der Waals surface area contributed by atoms with Crippen molar-refractivity contribution in [2.24, 2.45) is 10.6 Å². The second kappa shape index (κ2) is 8.44. The molecule has 2 N–H and O–H groups in total. The molecule has 0 aliphatic rings. The molecule has 0 aliphatic heterocycles. The number of hydrogen-bond donors (Lipinski definition) is 1. The minimum Gasteiger partial charge on any atom is -0.469 e. The van der Waals surface area contributed by atoms with Crippen molar-refractivity contribution in [3.8, 4) is 0 Å². The van der Waals surface area contributed by atoms with E-state index in [4.69, 9.17) is 5.14 Å². The Bertz CT molecular complexity index is 728. The summed E-state index contributed by atoms with van der Waals surface area (Å²) in [4.78, 5) is 25.4. The number of rotatable bonds is 8. The van der Waals surface area contributed by atoms with Crippen molar-refractivity contribution >= 4 is 21.9 Å². The number of benzene rings is 1. The smallest absolute Gasteiger partial charge is 0.306 e. The predicted octanol–water partition coefficient (Wildman–Crippen LogP) is 1.41. The zero-order valence-corrected chi connectivity index (χ0v) is 15.9. The predicted molar refractivity (Wildman–Crippen MR) is 94.8 cm³/mol. The molecule has 0 atom stereocenters. The van der Waals surface area contributed by atoms with E-state index in [-0.39, 0.29) is 30.5 Å². The standard InChI is InChI=1S/C17H26N2O5S/c1-17(2,10-16(21)24-4)9-15(20)19(3)11-13-6-5-7-14(8-13)12-25(18,22)23/h5-8H,9-12H2,1-4H3,(H2,18,22,23). The number of hydrogen-bond acceptors (Lipinski definition) is 5. The van der Waals surface area contributed by atoms with Crippen LogP contribution >= 0.6 is 0 Å². The maximum Gasteiger partial charge on any atom is 0.306 e. The highest BCUT2D eigenvalue weighted by molar-refractivity contribution is 7.88. The number of nitrogens with zero attached hydrogens (tertiary/aromatic N) is 1. The van der Waals surface area contributed by atoms with Crippen molar-refractivity contribution < 1.29 is 22.7 Å². The molecular weight excluding hydrogens is 344 g/mol. The quantitative estimate of drug-likeness (QED) is 0.696. The fraction of sp³-hybridized carbons (Fsp3) is 0.529. The maximum absolute atomic E-state index is 12.4. The van der Waals surface area contributed by atoms with Gasteiger partial charge in [0.05, 0.1) is 19.3 Å². The first-order valence-corrected chi connectivity index (χ1v) is 9.52. The van der Waals surface area contributed by atoms with Crippen molar-refractivity contribution in [3.63, 3.8) is 0 Å². The molecule has 1 aromatic rings. The van der Waals surface area contributed by atoms with Crippen molar-refractivity contribution in [2.45, 2.75) is 39.0 Å². The molecule has 0 fully saturated rings. The lowest BCUT2D eigenvalue weighted by molar-refractivity contribution is -0.143. The number of primary sulfonamides is 1. The molecule has 7 nitrogen and oxygen atoms in total. The second-order valence-corrected chi connectivity index (χ2v) is 8.59. The third kappa shape index (κ3) is 8.13. The molecule has 0 aromatic heterocycles. The molecule has 0 aliphatic carbocycles. The molecular formula is C17H26N2O5S. The molecule has 1 aromatic carbocycles. The Balaban J connectivity index is 2.72. The molecule has 0 radical (unpaired) electrons. The number of ether oxygens (including phenoxy) is 1. The topological polar surface area (TPSA) is 107 Å². The summed E-state index contributed by atoms with van der Waals surface area (Å²) in [5.74, 6) is -0.702. The van der Waals surface area contributed by atoms with E-state index in [2.05, 4.69) is 4.74 Å². The van der Waals surface area contributed by atoms with Crippen LogP contribution in [0.3, 0.4) is 0 Å². The Morgan fingerprint density at radius 3 is 2.36 bits per heavy atom. The average molecular weight is 370 g/mol. The van der Waals surface area contributed by atoms with Gasteiger partial charge in [0, 0.05) is 20.0 Å². The summed E-state index contributed by atoms with van der Waals surface area (Å²) in [5.41, 5.74) is 0.878. The Morgan fingerprint density at radius 1 is 1.20 bits per heavy atom. The van der Waals surface area contributed by atoms with Gasteiger partial charge in [-0.2, -0.15) is 0 Å². The van der Waals surface area contributed by atoms with Crippen molar-refractivity contribution in [3.05, 3.63) is 35.4 Å². The van der Waals surface area contributed by atoms with E-state index < -0.39 is 15.4 Å². The van der Waals surface area contributed by atoms with Crippen LogP contribution in [0.25, 0.3) is 0 Å². The van der Waals surface area contributed by atoms with Gasteiger partial charge in [-0.25, -0.2) is 13.6 Å². The molecule has 0 heterocycles. The fourth-order valence-electron chi connectivity index (χ4n) is 2.48. The minimum atomic E-state index is -3.60. The number of sulfonamides is 1. The maximum atomic E-state index is 12.4. The zero-order valence-electron chi connectivity index (χ0n) is 15.1. The van der Waals surface area contributed by atoms with Gasteiger partial charge in [0.25, 0.3) is 0 Å². The number of esters is 1. The summed E-state index contributed by atoms with van der Waals surface area (Å²) >= 11 is 0. The molecule has 0 saturated heterocycles. The van der Waals surface area contributed by atoms with Crippen LogP contribution in [0.15, 0.2) is 24.3 Å². The Hall–Kier alpha value is -1.93. The normalized spacial score (nSPS) is 11.9. The fourth-order valence-corrected chi connectivity index (χ4v) is 3.13. The van der Waals surface area contributed by atoms with E-state index in [1.165, 1.54) is 7.11 Å². The highest BCUT2D eigenvalue weighted by Crippen LogP contribution is 2.26. The van der Waals surface area contributed by atoms with Gasteiger partial charge >= 0.3 is 5.97 Å². The Morgan fingerprint density at radius 2 is 1.80 bits per heavy atom. The molecule has 0 spiro atoms. The monoisotopic (exact) mass is 370 g/mol. The minimum absolute atomic E-state index is 0.106. The number of carbonyl (C=O) groups is 2. The van der Waals surface area contributed by atoms with Gasteiger partial charge in [-0.1, -0.05) is 38.1 Å². The third-order valence-electron chi connectivity index (χ3n) is 3.69. The number of carbonyl (C=O) groups excluding carboxylic acids is 2. The van der Waals surface area contributed by atoms with E-state index in [1.807, 2.05) is 19.9 Å². The van der Waals surface area contributed by atoms with Crippen LogP contribution in [0.4, 0.5) is 0 Å². The van der Waals surface area contributed by atoms with E-state index in [0.29, 0.717) is 12.1 Å². The first kappa shape index (κ1) is 21.1. The van der Waals surface area contributed by atoms with E-state index in [9.17, 15) is 18.0 Å². The Labute approximate surface area is 149 Å². The average Bonchev–Trinajstić information content (AvgIpc) is 2.44. The first-order valence-electron chi connectivity index (χ1n) is 7.81. The lowest BCUT2D eigenvalue weighted by Crippen LogP contribution is -2.32. The van der Waals surface area contributed by atoms with Gasteiger partial charge in [0.1, 0.15) is 0 Å². The van der Waals surface area contributed by atoms with Gasteiger partial charge in [-0.3, -0.25) is 9.59 Å². The summed E-state index contributed by atoms with van der Waals surface area (Å²) in [6.07, 6.45) is 0.363. The largest absolute Gasteiger partial charge is 0.469 e. The lowest BCUT2D eigenvalue weighted by atomic mass is 9.85. The summed E-state index contributed by atoms with van der Waals surface area (Å²) in [6.45, 7) is 4.01. The number of methoxy groups -OCH3 is 1. The van der Waals surface area contributed by atoms with Crippen LogP contribution in [0, 0.1) is 5.41 Å². The summed E-state index contributed by atoms with van der Waals surface area (Å²) < 4.78 is 27.0. The molecule has 1 rings (SSSR count). The third-order valence-corrected chi connectivity index (χ3v) is 4.42. The van der Waals surface area contributed by atoms with Crippen molar-refractivity contribution in [1.82, 2.24) is 4.90 Å². The summed E-state index contributed by atoms with van der Waals surface area (Å²) in [6, 6.07) is 6.94. The van der Waals surface area contributed by atoms with Gasteiger partial charge in [-0.15, -0.1) is 0 Å². The zero-order chi connectivity index (χ0) is 19.3. The SMILES string of the molecule is COC(=O)CC(C)(C)CC(=O)N(C)Cc1cccc(CS(N)(=O)=O)c1.